The number of hydrogen-bond acceptors (Lipinski definition) is 3. The highest BCUT2D eigenvalue weighted by atomic mass is 32.2. The molecule has 0 amide bonds. The molecule has 0 fully saturated rings. The molecule has 0 aromatic heterocycles. The summed E-state index contributed by atoms with van der Waals surface area (Å²) in [6.07, 6.45) is 0. The van der Waals surface area contributed by atoms with Crippen LogP contribution < -0.4 is 5.73 Å². The van der Waals surface area contributed by atoms with Crippen LogP contribution in [0.15, 0.2) is 18.2 Å². The molecule has 0 heterocycles. The van der Waals surface area contributed by atoms with Gasteiger partial charge in [-0.05, 0) is 24.1 Å². The first-order valence-electron chi connectivity index (χ1n) is 4.66. The van der Waals surface area contributed by atoms with E-state index in [0.717, 1.165) is 23.8 Å². The Morgan fingerprint density at radius 3 is 2.93 bits per heavy atom. The molecule has 0 aliphatic heterocycles. The number of nitrogen functional groups attached to an aromatic ring is 1. The highest BCUT2D eigenvalue weighted by molar-refractivity contribution is 7.98. The predicted molar refractivity (Wildman–Crippen MR) is 63.6 cm³/mol. The first-order chi connectivity index (χ1) is 6.75. The lowest BCUT2D eigenvalue weighted by Gasteiger charge is -2.07. The van der Waals surface area contributed by atoms with Gasteiger partial charge in [0.1, 0.15) is 0 Å². The van der Waals surface area contributed by atoms with Gasteiger partial charge in [0.05, 0.1) is 6.61 Å². The molecule has 1 aromatic rings. The van der Waals surface area contributed by atoms with Gasteiger partial charge in [-0.3, -0.25) is 0 Å². The van der Waals surface area contributed by atoms with E-state index in [1.54, 1.807) is 7.11 Å². The zero-order valence-electron chi connectivity index (χ0n) is 8.75. The Morgan fingerprint density at radius 1 is 1.43 bits per heavy atom. The number of benzene rings is 1. The second-order valence-corrected chi connectivity index (χ2v) is 4.28. The van der Waals surface area contributed by atoms with Crippen LogP contribution in [0.5, 0.6) is 0 Å². The number of anilines is 1. The lowest BCUT2D eigenvalue weighted by atomic mass is 10.1. The summed E-state index contributed by atoms with van der Waals surface area (Å²) in [7, 11) is 1.73. The lowest BCUT2D eigenvalue weighted by molar-refractivity contribution is 0.218. The van der Waals surface area contributed by atoms with Gasteiger partial charge < -0.3 is 10.5 Å². The molecule has 1 rings (SSSR count). The molecule has 0 aliphatic carbocycles. The number of thioether (sulfide) groups is 1. The highest BCUT2D eigenvalue weighted by Crippen LogP contribution is 2.20. The van der Waals surface area contributed by atoms with Gasteiger partial charge in [0.25, 0.3) is 0 Å². The maximum atomic E-state index is 5.82. The molecule has 0 spiro atoms. The molecule has 0 atom stereocenters. The monoisotopic (exact) mass is 211 g/mol. The van der Waals surface area contributed by atoms with Crippen LogP contribution in [0.4, 0.5) is 5.69 Å². The molecule has 1 aromatic carbocycles. The first kappa shape index (κ1) is 11.4. The van der Waals surface area contributed by atoms with Crippen LogP contribution >= 0.6 is 11.8 Å². The summed E-state index contributed by atoms with van der Waals surface area (Å²) in [6.45, 7) is 2.88. The topological polar surface area (TPSA) is 35.2 Å². The molecule has 0 bridgehead atoms. The Kier molecular flexibility index (Phi) is 4.84. The zero-order chi connectivity index (χ0) is 10.4. The third kappa shape index (κ3) is 3.24. The van der Waals surface area contributed by atoms with Gasteiger partial charge in [0.2, 0.25) is 0 Å². The molecule has 14 heavy (non-hydrogen) atoms. The smallest absolute Gasteiger partial charge is 0.0553 e. The van der Waals surface area contributed by atoms with Crippen molar-refractivity contribution in [1.82, 2.24) is 0 Å². The van der Waals surface area contributed by atoms with Crippen LogP contribution in [-0.2, 0) is 10.5 Å². The van der Waals surface area contributed by atoms with E-state index in [0.29, 0.717) is 0 Å². The molecule has 2 N–H and O–H groups in total. The summed E-state index contributed by atoms with van der Waals surface area (Å²) in [5.41, 5.74) is 9.23. The molecule has 0 saturated heterocycles. The Labute approximate surface area is 89.8 Å². The summed E-state index contributed by atoms with van der Waals surface area (Å²) in [6, 6.07) is 6.08. The van der Waals surface area contributed by atoms with Crippen LogP contribution in [0.25, 0.3) is 0 Å². The molecule has 0 saturated carbocycles. The minimum absolute atomic E-state index is 0.812. The quantitative estimate of drug-likeness (QED) is 0.600. The first-order valence-corrected chi connectivity index (χ1v) is 5.82. The average molecular weight is 211 g/mol. The van der Waals surface area contributed by atoms with Gasteiger partial charge >= 0.3 is 0 Å². The Hall–Kier alpha value is -0.670. The summed E-state index contributed by atoms with van der Waals surface area (Å²) in [5.74, 6) is 2.05. The van der Waals surface area contributed by atoms with Gasteiger partial charge in [-0.2, -0.15) is 11.8 Å². The summed E-state index contributed by atoms with van der Waals surface area (Å²) in [5, 5.41) is 0. The molecular formula is C11H17NOS. The summed E-state index contributed by atoms with van der Waals surface area (Å²) < 4.78 is 4.99. The van der Waals surface area contributed by atoms with Crippen LogP contribution in [0.1, 0.15) is 11.1 Å². The molecule has 78 valence electrons. The molecule has 0 radical (unpaired) electrons. The number of hydrogen-bond donors (Lipinski definition) is 1. The highest BCUT2D eigenvalue weighted by Gasteiger charge is 2.00. The van der Waals surface area contributed by atoms with Crippen molar-refractivity contribution in [2.45, 2.75) is 12.7 Å². The Morgan fingerprint density at radius 2 is 2.21 bits per heavy atom. The summed E-state index contributed by atoms with van der Waals surface area (Å²) >= 11 is 1.87. The van der Waals surface area contributed by atoms with Crippen LogP contribution in [0, 0.1) is 6.92 Å². The Balaban J connectivity index is 2.46. The van der Waals surface area contributed by atoms with Crippen LogP contribution in [0.2, 0.25) is 0 Å². The van der Waals surface area contributed by atoms with Crippen molar-refractivity contribution >= 4 is 17.4 Å². The van der Waals surface area contributed by atoms with Crippen LogP contribution in [-0.4, -0.2) is 19.5 Å². The van der Waals surface area contributed by atoms with E-state index in [1.807, 2.05) is 23.9 Å². The fourth-order valence-corrected chi connectivity index (χ4v) is 2.15. The van der Waals surface area contributed by atoms with E-state index in [4.69, 9.17) is 10.5 Å². The predicted octanol–water partition coefficient (Wildman–Crippen LogP) is 2.46. The van der Waals surface area contributed by atoms with Crippen molar-refractivity contribution < 1.29 is 4.74 Å². The Bertz CT molecular complexity index is 289. The van der Waals surface area contributed by atoms with Gasteiger partial charge in [0, 0.05) is 24.3 Å². The van der Waals surface area contributed by atoms with E-state index in [1.165, 1.54) is 11.1 Å². The molecule has 2 nitrogen and oxygen atoms in total. The van der Waals surface area contributed by atoms with E-state index in [2.05, 4.69) is 13.0 Å². The number of nitrogens with two attached hydrogens (primary N) is 1. The fraction of sp³-hybridized carbons (Fsp3) is 0.455. The number of ether oxygens (including phenoxy) is 1. The normalized spacial score (nSPS) is 10.4. The molecular weight excluding hydrogens is 194 g/mol. The van der Waals surface area contributed by atoms with Crippen molar-refractivity contribution in [3.8, 4) is 0 Å². The molecule has 0 aliphatic rings. The van der Waals surface area contributed by atoms with Crippen molar-refractivity contribution in [1.29, 1.82) is 0 Å². The average Bonchev–Trinajstić information content (AvgIpc) is 2.19. The van der Waals surface area contributed by atoms with Gasteiger partial charge in [-0.25, -0.2) is 0 Å². The van der Waals surface area contributed by atoms with E-state index < -0.39 is 0 Å². The second kappa shape index (κ2) is 5.94. The third-order valence-corrected chi connectivity index (χ3v) is 3.15. The lowest BCUT2D eigenvalue weighted by Crippen LogP contribution is -1.96. The maximum absolute atomic E-state index is 5.82. The van der Waals surface area contributed by atoms with E-state index >= 15 is 0 Å². The van der Waals surface area contributed by atoms with Gasteiger partial charge in [-0.1, -0.05) is 12.1 Å². The number of methoxy groups -OCH3 is 1. The number of rotatable bonds is 5. The zero-order valence-corrected chi connectivity index (χ0v) is 9.56. The summed E-state index contributed by atoms with van der Waals surface area (Å²) in [4.78, 5) is 0. The van der Waals surface area contributed by atoms with Crippen LogP contribution in [0.3, 0.4) is 0 Å². The molecule has 3 heteroatoms. The molecule has 0 unspecified atom stereocenters. The third-order valence-electron chi connectivity index (χ3n) is 2.18. The largest absolute Gasteiger partial charge is 0.399 e. The van der Waals surface area contributed by atoms with Crippen molar-refractivity contribution in [3.63, 3.8) is 0 Å². The van der Waals surface area contributed by atoms with Crippen molar-refractivity contribution in [3.05, 3.63) is 29.3 Å². The van der Waals surface area contributed by atoms with Gasteiger partial charge in [-0.15, -0.1) is 0 Å². The fourth-order valence-electron chi connectivity index (χ4n) is 1.18. The van der Waals surface area contributed by atoms with Gasteiger partial charge in [0.15, 0.2) is 0 Å². The second-order valence-electron chi connectivity index (χ2n) is 3.18. The maximum Gasteiger partial charge on any atom is 0.0553 e. The standard InChI is InChI=1S/C11H17NOS/c1-9-10(4-3-5-11(9)12)8-14-7-6-13-2/h3-5H,6-8,12H2,1-2H3. The van der Waals surface area contributed by atoms with Crippen molar-refractivity contribution in [2.24, 2.45) is 0 Å². The van der Waals surface area contributed by atoms with E-state index in [9.17, 15) is 0 Å². The van der Waals surface area contributed by atoms with Crippen molar-refractivity contribution in [2.75, 3.05) is 25.2 Å². The minimum atomic E-state index is 0.812. The SMILES string of the molecule is COCCSCc1cccc(N)c1C. The minimum Gasteiger partial charge on any atom is -0.399 e. The van der Waals surface area contributed by atoms with E-state index in [-0.39, 0.29) is 0 Å².